The van der Waals surface area contributed by atoms with E-state index in [0.717, 1.165) is 69.5 Å². The monoisotopic (exact) mass is 520 g/mol. The van der Waals surface area contributed by atoms with Gasteiger partial charge in [0.2, 0.25) is 0 Å². The molecule has 194 valence electrons. The number of benzene rings is 4. The molecular weight excluding hydrogens is 492 g/mol. The van der Waals surface area contributed by atoms with E-state index in [9.17, 15) is 0 Å². The van der Waals surface area contributed by atoms with E-state index in [0.29, 0.717) is 12.1 Å². The maximum Gasteiger partial charge on any atom is 0.124 e. The Morgan fingerprint density at radius 3 is 1.77 bits per heavy atom. The topological polar surface area (TPSA) is 81.4 Å². The molecule has 4 aromatic carbocycles. The van der Waals surface area contributed by atoms with Gasteiger partial charge in [0.15, 0.2) is 0 Å². The molecule has 3 aliphatic heterocycles. The maximum absolute atomic E-state index is 4.93. The van der Waals surface area contributed by atoms with Crippen molar-refractivity contribution in [1.29, 1.82) is 0 Å². The number of nitrogens with zero attached hydrogens (tertiary/aromatic N) is 2. The molecule has 2 bridgehead atoms. The molecule has 0 amide bonds. The van der Waals surface area contributed by atoms with Crippen molar-refractivity contribution in [3.05, 3.63) is 84.4 Å². The summed E-state index contributed by atoms with van der Waals surface area (Å²) >= 11 is 0. The van der Waals surface area contributed by atoms with E-state index in [1.807, 2.05) is 0 Å². The van der Waals surface area contributed by atoms with E-state index in [4.69, 9.17) is 9.97 Å². The van der Waals surface area contributed by atoms with Crippen LogP contribution in [-0.4, -0.2) is 32.0 Å². The highest BCUT2D eigenvalue weighted by molar-refractivity contribution is 5.93. The fraction of sp³-hybridized carbons (Fsp3) is 0.294. The average Bonchev–Trinajstić information content (AvgIpc) is 3.76. The number of rotatable bonds is 4. The first-order chi connectivity index (χ1) is 19.7. The molecule has 5 heterocycles. The third-order valence-electron chi connectivity index (χ3n) is 10.6. The summed E-state index contributed by atoms with van der Waals surface area (Å²) in [5, 5.41) is 9.96. The average molecular weight is 521 g/mol. The van der Waals surface area contributed by atoms with Crippen molar-refractivity contribution in [1.82, 2.24) is 30.6 Å². The summed E-state index contributed by atoms with van der Waals surface area (Å²) in [7, 11) is 0. The Kier molecular flexibility index (Phi) is 3.65. The summed E-state index contributed by atoms with van der Waals surface area (Å²) in [6, 6.07) is 29.1. The second-order valence-electron chi connectivity index (χ2n) is 12.9. The molecule has 6 heteroatoms. The number of hydrogen-bond acceptors (Lipinski definition) is 4. The van der Waals surface area contributed by atoms with Gasteiger partial charge in [0, 0.05) is 12.1 Å². The number of H-pyrrole nitrogens is 2. The van der Waals surface area contributed by atoms with E-state index in [1.165, 1.54) is 45.9 Å². The predicted molar refractivity (Wildman–Crippen MR) is 157 cm³/mol. The van der Waals surface area contributed by atoms with Gasteiger partial charge in [-0.1, -0.05) is 36.4 Å². The minimum absolute atomic E-state index is 0.376. The van der Waals surface area contributed by atoms with Gasteiger partial charge in [0.1, 0.15) is 11.6 Å². The van der Waals surface area contributed by atoms with E-state index in [1.54, 1.807) is 0 Å². The zero-order valence-electron chi connectivity index (χ0n) is 21.9. The third kappa shape index (κ3) is 2.85. The zero-order valence-corrected chi connectivity index (χ0v) is 21.9. The van der Waals surface area contributed by atoms with Gasteiger partial charge in [-0.25, -0.2) is 9.97 Å². The largest absolute Gasteiger partial charge is 0.341 e. The van der Waals surface area contributed by atoms with Crippen molar-refractivity contribution in [3.8, 4) is 22.3 Å². The standard InChI is InChI=1S/C34H28N6/c1-3-17(19-5-7-22-25(11-19)38-33(36-22)27-14-21-13-24(21)35-27)9-15-2-4-18(10-16(1)15)20-6-8-23-26(12-20)39-34(37-23)32-30-28-29(30)31(28)40-32/h1-12,21,24,27-32,35,40H,13-14H2,(H,36,38)(H,37,39)/t21-,24-,27+,28-,29?,30?,31+,32+/m1/s1. The lowest BCUT2D eigenvalue weighted by Crippen LogP contribution is -2.18. The van der Waals surface area contributed by atoms with E-state index < -0.39 is 0 Å². The van der Waals surface area contributed by atoms with Crippen LogP contribution in [0.1, 0.15) is 36.6 Å². The molecule has 6 nitrogen and oxygen atoms in total. The van der Waals surface area contributed by atoms with Crippen LogP contribution in [-0.2, 0) is 0 Å². The Bertz CT molecular complexity index is 2030. The maximum atomic E-state index is 4.93. The molecule has 3 aliphatic carbocycles. The third-order valence-corrected chi connectivity index (χ3v) is 10.6. The molecule has 6 fully saturated rings. The minimum atomic E-state index is 0.376. The smallest absolute Gasteiger partial charge is 0.124 e. The summed E-state index contributed by atoms with van der Waals surface area (Å²) in [5.74, 6) is 5.78. The first-order valence-corrected chi connectivity index (χ1v) is 14.8. The van der Waals surface area contributed by atoms with Crippen LogP contribution < -0.4 is 10.6 Å². The molecule has 40 heavy (non-hydrogen) atoms. The van der Waals surface area contributed by atoms with Crippen LogP contribution in [0.15, 0.2) is 72.8 Å². The fourth-order valence-corrected chi connectivity index (χ4v) is 8.19. The molecule has 6 aliphatic rings. The SMILES string of the molecule is c1cc2cc(-c3ccc4nc([C@H]5N[C@@H]6C7C5[C@@H]76)[nH]c4c3)ccc2cc1-c1ccc2nc([C@@H]3C[C@H]4C[C@H]4N3)[nH]c2c1. The van der Waals surface area contributed by atoms with Crippen molar-refractivity contribution in [3.63, 3.8) is 0 Å². The molecule has 6 aromatic rings. The highest BCUT2D eigenvalue weighted by Gasteiger charge is 2.81. The van der Waals surface area contributed by atoms with Crippen molar-refractivity contribution in [2.24, 2.45) is 23.7 Å². The normalized spacial score (nSPS) is 32.6. The molecule has 8 atom stereocenters. The van der Waals surface area contributed by atoms with Gasteiger partial charge in [-0.05, 0) is 106 Å². The van der Waals surface area contributed by atoms with Gasteiger partial charge in [-0.2, -0.15) is 0 Å². The lowest BCUT2D eigenvalue weighted by Gasteiger charge is -2.08. The van der Waals surface area contributed by atoms with Crippen LogP contribution in [0.4, 0.5) is 0 Å². The van der Waals surface area contributed by atoms with Crippen LogP contribution in [0.3, 0.4) is 0 Å². The van der Waals surface area contributed by atoms with Gasteiger partial charge in [0.25, 0.3) is 0 Å². The Hall–Kier alpha value is -4.00. The molecule has 0 spiro atoms. The van der Waals surface area contributed by atoms with Crippen LogP contribution in [0.5, 0.6) is 0 Å². The van der Waals surface area contributed by atoms with Crippen LogP contribution in [0.25, 0.3) is 55.1 Å². The summed E-state index contributed by atoms with van der Waals surface area (Å²) < 4.78 is 0. The summed E-state index contributed by atoms with van der Waals surface area (Å²) in [6.07, 6.45) is 2.55. The predicted octanol–water partition coefficient (Wildman–Crippen LogP) is 6.24. The number of nitrogens with one attached hydrogen (secondary N) is 4. The number of piperidine rings is 2. The number of fused-ring (bicyclic) bond motifs is 5. The van der Waals surface area contributed by atoms with Crippen LogP contribution in [0, 0.1) is 23.7 Å². The second kappa shape index (κ2) is 7.00. The summed E-state index contributed by atoms with van der Waals surface area (Å²) in [6.45, 7) is 0. The fourth-order valence-electron chi connectivity index (χ4n) is 8.19. The molecule has 3 saturated carbocycles. The number of imidazole rings is 2. The van der Waals surface area contributed by atoms with E-state index in [2.05, 4.69) is 93.4 Å². The van der Waals surface area contributed by atoms with E-state index >= 15 is 0 Å². The summed E-state index contributed by atoms with van der Waals surface area (Å²) in [5.41, 5.74) is 9.24. The molecule has 12 rings (SSSR count). The molecular formula is C34H28N6. The van der Waals surface area contributed by atoms with Crippen LogP contribution >= 0.6 is 0 Å². The highest BCUT2D eigenvalue weighted by Crippen LogP contribution is 2.77. The number of aromatic amines is 2. The summed E-state index contributed by atoms with van der Waals surface area (Å²) in [4.78, 5) is 17.1. The zero-order chi connectivity index (χ0) is 25.7. The van der Waals surface area contributed by atoms with E-state index in [-0.39, 0.29) is 0 Å². The molecule has 2 aromatic heterocycles. The first-order valence-electron chi connectivity index (χ1n) is 14.8. The van der Waals surface area contributed by atoms with Gasteiger partial charge in [-0.15, -0.1) is 0 Å². The first kappa shape index (κ1) is 20.8. The minimum Gasteiger partial charge on any atom is -0.341 e. The molecule has 2 unspecified atom stereocenters. The van der Waals surface area contributed by atoms with Crippen molar-refractivity contribution < 1.29 is 0 Å². The Morgan fingerprint density at radius 2 is 1.18 bits per heavy atom. The Labute approximate surface area is 230 Å². The van der Waals surface area contributed by atoms with Crippen LogP contribution in [0.2, 0.25) is 0 Å². The lowest BCUT2D eigenvalue weighted by molar-refractivity contribution is 0.544. The molecule has 4 N–H and O–H groups in total. The quantitative estimate of drug-likeness (QED) is 0.222. The Morgan fingerprint density at radius 1 is 0.575 bits per heavy atom. The van der Waals surface area contributed by atoms with Crippen molar-refractivity contribution in [2.75, 3.05) is 0 Å². The highest BCUT2D eigenvalue weighted by atomic mass is 15.2. The number of aromatic nitrogens is 4. The van der Waals surface area contributed by atoms with Gasteiger partial charge in [0.05, 0.1) is 34.2 Å². The Balaban J connectivity index is 0.899. The molecule has 0 radical (unpaired) electrons. The lowest BCUT2D eigenvalue weighted by atomic mass is 9.97. The van der Waals surface area contributed by atoms with Crippen molar-refractivity contribution in [2.45, 2.75) is 37.0 Å². The second-order valence-corrected chi connectivity index (χ2v) is 12.9. The van der Waals surface area contributed by atoms with Gasteiger partial charge >= 0.3 is 0 Å². The molecule has 3 saturated heterocycles. The van der Waals surface area contributed by atoms with Gasteiger partial charge in [-0.3, -0.25) is 0 Å². The van der Waals surface area contributed by atoms with Gasteiger partial charge < -0.3 is 20.6 Å². The number of hydrogen-bond donors (Lipinski definition) is 4. The van der Waals surface area contributed by atoms with Crippen molar-refractivity contribution >= 4 is 32.8 Å².